The Morgan fingerprint density at radius 1 is 1.32 bits per heavy atom. The molecule has 1 aromatic carbocycles. The summed E-state index contributed by atoms with van der Waals surface area (Å²) in [5.74, 6) is -0.138. The number of nitrogens with zero attached hydrogens (tertiary/aromatic N) is 3. The number of nitrogens with one attached hydrogen (secondary N) is 1. The van der Waals surface area contributed by atoms with Crippen molar-refractivity contribution in [2.24, 2.45) is 5.92 Å². The van der Waals surface area contributed by atoms with Gasteiger partial charge in [0.15, 0.2) is 4.96 Å². The van der Waals surface area contributed by atoms with E-state index in [0.717, 1.165) is 16.2 Å². The van der Waals surface area contributed by atoms with Crippen molar-refractivity contribution in [1.29, 1.82) is 0 Å². The molecule has 1 aliphatic rings. The number of likely N-dealkylation sites (tertiary alicyclic amines) is 1. The van der Waals surface area contributed by atoms with Crippen LogP contribution in [0.2, 0.25) is 5.02 Å². The summed E-state index contributed by atoms with van der Waals surface area (Å²) in [5.41, 5.74) is 1.84. The maximum Gasteiger partial charge on any atom is 0.225 e. The first kappa shape index (κ1) is 19.0. The van der Waals surface area contributed by atoms with E-state index in [2.05, 4.69) is 10.3 Å². The zero-order valence-corrected chi connectivity index (χ0v) is 17.1. The normalized spacial score (nSPS) is 17.3. The van der Waals surface area contributed by atoms with Gasteiger partial charge in [-0.05, 0) is 31.0 Å². The molecule has 1 aliphatic heterocycles. The van der Waals surface area contributed by atoms with E-state index in [0.29, 0.717) is 37.5 Å². The molecular weight excluding hydrogens is 396 g/mol. The second kappa shape index (κ2) is 7.93. The fourth-order valence-corrected chi connectivity index (χ4v) is 4.41. The van der Waals surface area contributed by atoms with Gasteiger partial charge in [0.1, 0.15) is 0 Å². The molecule has 3 aromatic rings. The number of hydrogen-bond donors (Lipinski definition) is 1. The van der Waals surface area contributed by atoms with Crippen LogP contribution >= 0.6 is 22.9 Å². The van der Waals surface area contributed by atoms with Crippen LogP contribution in [-0.2, 0) is 22.7 Å². The van der Waals surface area contributed by atoms with Crippen LogP contribution in [0.25, 0.3) is 4.96 Å². The van der Waals surface area contributed by atoms with Gasteiger partial charge >= 0.3 is 0 Å². The lowest BCUT2D eigenvalue weighted by Crippen LogP contribution is -2.45. The smallest absolute Gasteiger partial charge is 0.225 e. The van der Waals surface area contributed by atoms with Crippen molar-refractivity contribution < 1.29 is 9.59 Å². The van der Waals surface area contributed by atoms with Crippen molar-refractivity contribution in [3.63, 3.8) is 0 Å². The Hall–Kier alpha value is -2.38. The van der Waals surface area contributed by atoms with Crippen LogP contribution in [0.3, 0.4) is 0 Å². The van der Waals surface area contributed by atoms with E-state index < -0.39 is 0 Å². The van der Waals surface area contributed by atoms with E-state index in [1.54, 1.807) is 16.2 Å². The molecule has 1 saturated heterocycles. The number of aryl methyl sites for hydroxylation is 1. The lowest BCUT2D eigenvalue weighted by molar-refractivity contribution is -0.139. The monoisotopic (exact) mass is 416 g/mol. The van der Waals surface area contributed by atoms with Crippen molar-refractivity contribution in [2.45, 2.75) is 32.9 Å². The first-order valence-electron chi connectivity index (χ1n) is 9.22. The average molecular weight is 417 g/mol. The van der Waals surface area contributed by atoms with Crippen LogP contribution < -0.4 is 5.32 Å². The lowest BCUT2D eigenvalue weighted by atomic mass is 9.96. The van der Waals surface area contributed by atoms with Crippen LogP contribution in [0.5, 0.6) is 0 Å². The fraction of sp³-hybridized carbons (Fsp3) is 0.350. The molecule has 0 bridgehead atoms. The topological polar surface area (TPSA) is 66.7 Å². The van der Waals surface area contributed by atoms with Crippen molar-refractivity contribution in [1.82, 2.24) is 19.6 Å². The highest BCUT2D eigenvalue weighted by Gasteiger charge is 2.30. The van der Waals surface area contributed by atoms with Gasteiger partial charge in [0.2, 0.25) is 11.8 Å². The summed E-state index contributed by atoms with van der Waals surface area (Å²) in [6.45, 7) is 3.37. The van der Waals surface area contributed by atoms with E-state index in [1.165, 1.54) is 4.88 Å². The number of imidazole rings is 1. The van der Waals surface area contributed by atoms with E-state index in [-0.39, 0.29) is 17.7 Å². The molecule has 0 spiro atoms. The molecule has 8 heteroatoms. The molecule has 3 heterocycles. The molecule has 2 amide bonds. The number of amides is 2. The average Bonchev–Trinajstić information content (AvgIpc) is 3.20. The molecular formula is C20H21ClN4O2S. The summed E-state index contributed by atoms with van der Waals surface area (Å²) in [4.78, 5) is 33.3. The highest BCUT2D eigenvalue weighted by atomic mass is 35.5. The Kier molecular flexibility index (Phi) is 5.37. The van der Waals surface area contributed by atoms with E-state index in [4.69, 9.17) is 11.6 Å². The number of carbonyl (C=O) groups is 2. The fourth-order valence-electron chi connectivity index (χ4n) is 3.46. The van der Waals surface area contributed by atoms with Crippen molar-refractivity contribution in [3.05, 3.63) is 57.8 Å². The van der Waals surface area contributed by atoms with E-state index in [9.17, 15) is 9.59 Å². The molecule has 0 unspecified atom stereocenters. The van der Waals surface area contributed by atoms with Crippen LogP contribution in [0, 0.1) is 12.8 Å². The number of aromatic nitrogens is 2. The van der Waals surface area contributed by atoms with Crippen molar-refractivity contribution in [3.8, 4) is 0 Å². The minimum Gasteiger partial charge on any atom is -0.350 e. The van der Waals surface area contributed by atoms with Crippen LogP contribution in [0.4, 0.5) is 0 Å². The standard InChI is InChI=1S/C20H21ClN4O2S/c1-13-9-25-12-17(23-20(25)28-13)8-22-19(27)15-4-7-18(26)24(11-15)10-14-2-5-16(21)6-3-14/h2-3,5-6,9,12,15H,4,7-8,10-11H2,1H3,(H,22,27)/t15-/m1/s1. The largest absolute Gasteiger partial charge is 0.350 e. The van der Waals surface area contributed by atoms with Crippen LogP contribution in [0.15, 0.2) is 36.7 Å². The maximum absolute atomic E-state index is 12.6. The van der Waals surface area contributed by atoms with Gasteiger partial charge in [-0.25, -0.2) is 4.98 Å². The maximum atomic E-state index is 12.6. The van der Waals surface area contributed by atoms with Crippen molar-refractivity contribution >= 4 is 39.7 Å². The number of halogens is 1. The predicted molar refractivity (Wildman–Crippen MR) is 109 cm³/mol. The highest BCUT2D eigenvalue weighted by molar-refractivity contribution is 7.16. The molecule has 146 valence electrons. The third-order valence-electron chi connectivity index (χ3n) is 4.92. The molecule has 1 atom stereocenters. The molecule has 0 saturated carbocycles. The summed E-state index contributed by atoms with van der Waals surface area (Å²) in [6.07, 6.45) is 4.94. The predicted octanol–water partition coefficient (Wildman–Crippen LogP) is 3.41. The summed E-state index contributed by atoms with van der Waals surface area (Å²) >= 11 is 7.54. The molecule has 0 aliphatic carbocycles. The number of carbonyl (C=O) groups excluding carboxylic acids is 2. The molecule has 1 N–H and O–H groups in total. The van der Waals surface area contributed by atoms with Gasteiger partial charge in [0, 0.05) is 41.8 Å². The van der Waals surface area contributed by atoms with Crippen LogP contribution in [-0.4, -0.2) is 32.6 Å². The van der Waals surface area contributed by atoms with Gasteiger partial charge in [-0.1, -0.05) is 23.7 Å². The lowest BCUT2D eigenvalue weighted by Gasteiger charge is -2.32. The van der Waals surface area contributed by atoms with Crippen molar-refractivity contribution in [2.75, 3.05) is 6.54 Å². The third kappa shape index (κ3) is 4.20. The Morgan fingerprint density at radius 3 is 2.86 bits per heavy atom. The minimum absolute atomic E-state index is 0.0267. The van der Waals surface area contributed by atoms with E-state index >= 15 is 0 Å². The van der Waals surface area contributed by atoms with Gasteiger partial charge in [-0.2, -0.15) is 0 Å². The molecule has 2 aromatic heterocycles. The number of rotatable bonds is 5. The van der Waals surface area contributed by atoms with Crippen LogP contribution in [0.1, 0.15) is 29.0 Å². The zero-order chi connectivity index (χ0) is 19.7. The second-order valence-electron chi connectivity index (χ2n) is 7.12. The number of piperidine rings is 1. The molecule has 28 heavy (non-hydrogen) atoms. The first-order valence-corrected chi connectivity index (χ1v) is 10.4. The summed E-state index contributed by atoms with van der Waals surface area (Å²) < 4.78 is 1.98. The molecule has 1 fully saturated rings. The molecule has 0 radical (unpaired) electrons. The van der Waals surface area contributed by atoms with E-state index in [1.807, 2.05) is 48.0 Å². The Bertz CT molecular complexity index is 980. The summed E-state index contributed by atoms with van der Waals surface area (Å²) in [7, 11) is 0. The Morgan fingerprint density at radius 2 is 2.11 bits per heavy atom. The van der Waals surface area contributed by atoms with Gasteiger partial charge in [-0.15, -0.1) is 11.3 Å². The Balaban J connectivity index is 1.34. The quantitative estimate of drug-likeness (QED) is 0.693. The van der Waals surface area contributed by atoms with Gasteiger partial charge in [0.05, 0.1) is 18.2 Å². The SMILES string of the molecule is Cc1cn2cc(CNC(=O)[C@@H]3CCC(=O)N(Cc4ccc(Cl)cc4)C3)nc2s1. The van der Waals surface area contributed by atoms with Gasteiger partial charge < -0.3 is 10.2 Å². The number of fused-ring (bicyclic) bond motifs is 1. The highest BCUT2D eigenvalue weighted by Crippen LogP contribution is 2.21. The van der Waals surface area contributed by atoms with Gasteiger partial charge in [-0.3, -0.25) is 14.0 Å². The third-order valence-corrected chi connectivity index (χ3v) is 6.09. The molecule has 4 rings (SSSR count). The second-order valence-corrected chi connectivity index (χ2v) is 8.77. The Labute approximate surface area is 172 Å². The molecule has 6 nitrogen and oxygen atoms in total. The first-order chi connectivity index (χ1) is 13.5. The zero-order valence-electron chi connectivity index (χ0n) is 15.5. The van der Waals surface area contributed by atoms with Gasteiger partial charge in [0.25, 0.3) is 0 Å². The number of hydrogen-bond acceptors (Lipinski definition) is 4. The summed E-state index contributed by atoms with van der Waals surface area (Å²) in [5, 5.41) is 3.64. The summed E-state index contributed by atoms with van der Waals surface area (Å²) in [6, 6.07) is 7.44. The number of thiazole rings is 1. The minimum atomic E-state index is -0.198. The number of benzene rings is 1.